The van der Waals surface area contributed by atoms with Crippen molar-refractivity contribution < 1.29 is 13.2 Å². The van der Waals surface area contributed by atoms with Crippen molar-refractivity contribution >= 4 is 27.9 Å². The van der Waals surface area contributed by atoms with E-state index >= 15 is 0 Å². The largest absolute Gasteiger partial charge is 0.435 e. The van der Waals surface area contributed by atoms with E-state index in [0.717, 1.165) is 26.9 Å². The highest BCUT2D eigenvalue weighted by Crippen LogP contribution is 2.31. The van der Waals surface area contributed by atoms with Gasteiger partial charge in [-0.3, -0.25) is 14.2 Å². The topological polar surface area (TPSA) is 65.1 Å². The molecule has 0 atom stereocenters. The number of rotatable bonds is 4. The highest BCUT2D eigenvalue weighted by atomic mass is 35.5. The molecule has 0 aromatic carbocycles. The van der Waals surface area contributed by atoms with Crippen LogP contribution in [0.5, 0.6) is 0 Å². The number of thiazole rings is 1. The number of halogens is 4. The molecule has 11 heteroatoms. The molecule has 6 nitrogen and oxygen atoms in total. The molecule has 0 radical (unpaired) electrons. The standard InChI is InChI=1S/C18H13ClF3N5OS/c1-2-12-16(10-4-3-5-23-8-10)27-15(28)6-11(24-17(27)29-12)9-26-14(19)7-13(25-26)18(20,21)22/h3-8H,2,9H2,1H3. The predicted octanol–water partition coefficient (Wildman–Crippen LogP) is 4.30. The fourth-order valence-electron chi connectivity index (χ4n) is 2.97. The molecule has 0 saturated carbocycles. The third-order valence-corrected chi connectivity index (χ3v) is 5.72. The zero-order valence-electron chi connectivity index (χ0n) is 14.9. The van der Waals surface area contributed by atoms with Crippen LogP contribution in [0.2, 0.25) is 5.15 Å². The van der Waals surface area contributed by atoms with Crippen LogP contribution < -0.4 is 5.56 Å². The van der Waals surface area contributed by atoms with Gasteiger partial charge in [0.05, 0.1) is 17.9 Å². The minimum absolute atomic E-state index is 0.151. The molecule has 4 aromatic heterocycles. The van der Waals surface area contributed by atoms with Gasteiger partial charge in [-0.05, 0) is 18.6 Å². The Hall–Kier alpha value is -2.72. The van der Waals surface area contributed by atoms with Gasteiger partial charge in [0, 0.05) is 35.0 Å². The molecule has 150 valence electrons. The van der Waals surface area contributed by atoms with Crippen LogP contribution in [0.15, 0.2) is 41.5 Å². The van der Waals surface area contributed by atoms with Crippen LogP contribution in [0.3, 0.4) is 0 Å². The summed E-state index contributed by atoms with van der Waals surface area (Å²) in [5, 5.41) is 3.29. The predicted molar refractivity (Wildman–Crippen MR) is 103 cm³/mol. The first-order valence-corrected chi connectivity index (χ1v) is 9.72. The van der Waals surface area contributed by atoms with Gasteiger partial charge in [-0.15, -0.1) is 11.3 Å². The van der Waals surface area contributed by atoms with Crippen LogP contribution in [0, 0.1) is 0 Å². The monoisotopic (exact) mass is 439 g/mol. The zero-order chi connectivity index (χ0) is 20.8. The third kappa shape index (κ3) is 3.65. The van der Waals surface area contributed by atoms with Gasteiger partial charge in [-0.25, -0.2) is 9.67 Å². The van der Waals surface area contributed by atoms with Crippen molar-refractivity contribution in [2.24, 2.45) is 0 Å². The van der Waals surface area contributed by atoms with Gasteiger partial charge in [-0.2, -0.15) is 18.3 Å². The lowest BCUT2D eigenvalue weighted by Gasteiger charge is -2.06. The number of alkyl halides is 3. The Balaban J connectivity index is 1.80. The summed E-state index contributed by atoms with van der Waals surface area (Å²) in [7, 11) is 0. The number of aryl methyl sites for hydroxylation is 1. The van der Waals surface area contributed by atoms with Crippen molar-refractivity contribution in [2.75, 3.05) is 0 Å². The van der Waals surface area contributed by atoms with Crippen molar-refractivity contribution in [3.63, 3.8) is 0 Å². The molecule has 0 saturated heterocycles. The Kier molecular flexibility index (Phi) is 4.91. The van der Waals surface area contributed by atoms with E-state index in [2.05, 4.69) is 15.1 Å². The summed E-state index contributed by atoms with van der Waals surface area (Å²) in [6, 6.07) is 5.66. The highest BCUT2D eigenvalue weighted by Gasteiger charge is 2.34. The number of nitrogens with zero attached hydrogens (tertiary/aromatic N) is 5. The Labute approximate surface area is 171 Å². The van der Waals surface area contributed by atoms with Gasteiger partial charge >= 0.3 is 6.18 Å². The van der Waals surface area contributed by atoms with Crippen LogP contribution in [0.25, 0.3) is 16.2 Å². The molecule has 0 N–H and O–H groups in total. The first-order valence-electron chi connectivity index (χ1n) is 8.53. The summed E-state index contributed by atoms with van der Waals surface area (Å²) in [6.45, 7) is 1.82. The fourth-order valence-corrected chi connectivity index (χ4v) is 4.28. The van der Waals surface area contributed by atoms with Crippen LogP contribution in [0.1, 0.15) is 23.2 Å². The molecule has 0 unspecified atom stereocenters. The smallest absolute Gasteiger partial charge is 0.269 e. The number of hydrogen-bond donors (Lipinski definition) is 0. The minimum atomic E-state index is -4.60. The van der Waals surface area contributed by atoms with Crippen LogP contribution >= 0.6 is 22.9 Å². The van der Waals surface area contributed by atoms with E-state index in [1.54, 1.807) is 18.5 Å². The van der Waals surface area contributed by atoms with Gasteiger partial charge in [0.1, 0.15) is 5.15 Å². The van der Waals surface area contributed by atoms with E-state index in [9.17, 15) is 18.0 Å². The molecular formula is C18H13ClF3N5OS. The quantitative estimate of drug-likeness (QED) is 0.475. The summed E-state index contributed by atoms with van der Waals surface area (Å²) in [5.41, 5.74) is 0.358. The summed E-state index contributed by atoms with van der Waals surface area (Å²) in [5.74, 6) is 0. The number of hydrogen-bond acceptors (Lipinski definition) is 5. The molecule has 0 amide bonds. The van der Waals surface area contributed by atoms with E-state index in [0.29, 0.717) is 11.4 Å². The van der Waals surface area contributed by atoms with Crippen molar-refractivity contribution in [1.29, 1.82) is 0 Å². The summed E-state index contributed by atoms with van der Waals surface area (Å²) in [6.07, 6.45) is -0.601. The van der Waals surface area contributed by atoms with Gasteiger partial charge in [-0.1, -0.05) is 18.5 Å². The molecule has 4 rings (SSSR count). The Bertz CT molecular complexity index is 1250. The van der Waals surface area contributed by atoms with Gasteiger partial charge < -0.3 is 0 Å². The zero-order valence-corrected chi connectivity index (χ0v) is 16.5. The van der Waals surface area contributed by atoms with E-state index in [1.807, 2.05) is 13.0 Å². The molecule has 0 aliphatic carbocycles. The lowest BCUT2D eigenvalue weighted by molar-refractivity contribution is -0.141. The number of pyridine rings is 1. The highest BCUT2D eigenvalue weighted by molar-refractivity contribution is 7.17. The number of aromatic nitrogens is 5. The van der Waals surface area contributed by atoms with E-state index in [1.165, 1.54) is 21.8 Å². The van der Waals surface area contributed by atoms with Crippen molar-refractivity contribution in [2.45, 2.75) is 26.1 Å². The van der Waals surface area contributed by atoms with Gasteiger partial charge in [0.2, 0.25) is 0 Å². The second kappa shape index (κ2) is 7.27. The summed E-state index contributed by atoms with van der Waals surface area (Å²) < 4.78 is 41.0. The minimum Gasteiger partial charge on any atom is -0.269 e. The maximum atomic E-state index is 12.8. The molecule has 0 aliphatic heterocycles. The molecule has 0 bridgehead atoms. The second-order valence-electron chi connectivity index (χ2n) is 6.18. The van der Waals surface area contributed by atoms with Crippen LogP contribution in [0.4, 0.5) is 13.2 Å². The first kappa shape index (κ1) is 19.6. The van der Waals surface area contributed by atoms with Crippen molar-refractivity contribution in [3.8, 4) is 11.3 Å². The van der Waals surface area contributed by atoms with Crippen LogP contribution in [-0.2, 0) is 19.1 Å². The first-order chi connectivity index (χ1) is 13.8. The Morgan fingerprint density at radius 2 is 2.07 bits per heavy atom. The molecule has 29 heavy (non-hydrogen) atoms. The van der Waals surface area contributed by atoms with Crippen molar-refractivity contribution in [3.05, 3.63) is 68.4 Å². The molecule has 0 fully saturated rings. The van der Waals surface area contributed by atoms with Crippen molar-refractivity contribution in [1.82, 2.24) is 24.1 Å². The SMILES string of the molecule is CCc1sc2nc(Cn3nc(C(F)(F)F)cc3Cl)cc(=O)n2c1-c1cccnc1. The van der Waals surface area contributed by atoms with Gasteiger partial charge in [0.25, 0.3) is 5.56 Å². The molecule has 4 heterocycles. The van der Waals surface area contributed by atoms with E-state index in [4.69, 9.17) is 11.6 Å². The summed E-state index contributed by atoms with van der Waals surface area (Å²) in [4.78, 5) is 22.8. The molecular weight excluding hydrogens is 427 g/mol. The van der Waals surface area contributed by atoms with Crippen LogP contribution in [-0.4, -0.2) is 24.1 Å². The summed E-state index contributed by atoms with van der Waals surface area (Å²) >= 11 is 7.23. The Morgan fingerprint density at radius 3 is 2.69 bits per heavy atom. The lowest BCUT2D eigenvalue weighted by Crippen LogP contribution is -2.17. The second-order valence-corrected chi connectivity index (χ2v) is 7.63. The maximum Gasteiger partial charge on any atom is 0.435 e. The lowest BCUT2D eigenvalue weighted by atomic mass is 10.1. The van der Waals surface area contributed by atoms with Gasteiger partial charge in [0.15, 0.2) is 10.7 Å². The van der Waals surface area contributed by atoms with E-state index < -0.39 is 11.9 Å². The maximum absolute atomic E-state index is 12.8. The average molecular weight is 440 g/mol. The third-order valence-electron chi connectivity index (χ3n) is 4.23. The normalized spacial score (nSPS) is 12.0. The average Bonchev–Trinajstić information content (AvgIpc) is 3.23. The Morgan fingerprint density at radius 1 is 1.28 bits per heavy atom. The molecule has 0 aliphatic rings. The fraction of sp³-hybridized carbons (Fsp3) is 0.222. The number of fused-ring (bicyclic) bond motifs is 1. The molecule has 0 spiro atoms. The van der Waals surface area contributed by atoms with E-state index in [-0.39, 0.29) is 23.0 Å². The molecule has 4 aromatic rings.